The first-order valence-corrected chi connectivity index (χ1v) is 34.8. The number of aliphatic hydroxyl groups excluding tert-OH is 7. The van der Waals surface area contributed by atoms with Gasteiger partial charge in [0.2, 0.25) is 0 Å². The van der Waals surface area contributed by atoms with Gasteiger partial charge in [0.15, 0.2) is 37.7 Å². The molecule has 4 aliphatic carbocycles. The lowest BCUT2D eigenvalue weighted by molar-refractivity contribution is -0.376. The maximum Gasteiger partial charge on any atom is 0.331 e. The first-order valence-electron chi connectivity index (χ1n) is 34.8. The fourth-order valence-corrected chi connectivity index (χ4v) is 18.1. The Hall–Kier alpha value is -3.16. The highest BCUT2D eigenvalue weighted by molar-refractivity contribution is 5.87. The SMILES string of the molecule is COC1CC(OC2CCC3(C)C(=CCC4(O)C3CC(OC(=O)C=Cc3ccccc3)C3(C)C(C(C)=O)CCC43O)C2)OC(C)C1OC1CC(OC)C(OC2CC(OC)C(OC3CC(OC)C(OC4OC(CO)C(OC5OC(CO)C(O)C(O)C5O)C(O)C4O)C(C)O3)C(C)O2)C(C)O1. The molecule has 6 heterocycles. The number of esters is 1. The molecule has 0 radical (unpaired) electrons. The zero-order valence-corrected chi connectivity index (χ0v) is 57.9. The van der Waals surface area contributed by atoms with Crippen molar-refractivity contribution in [2.45, 2.75) is 302 Å². The number of hydrogen-bond acceptors (Lipinski definition) is 28. The van der Waals surface area contributed by atoms with Crippen LogP contribution in [-0.2, 0) is 90.1 Å². The number of fused-ring (bicyclic) bond motifs is 5. The zero-order chi connectivity index (χ0) is 70.5. The first kappa shape index (κ1) is 76.0. The number of benzene rings is 1. The number of rotatable bonds is 22. The fraction of sp³-hybridized carbons (Fsp3) is 0.829. The monoisotopic (exact) mass is 1390 g/mol. The van der Waals surface area contributed by atoms with Crippen LogP contribution in [0, 0.1) is 22.7 Å². The van der Waals surface area contributed by atoms with Crippen molar-refractivity contribution in [3.05, 3.63) is 53.6 Å². The van der Waals surface area contributed by atoms with Crippen molar-refractivity contribution in [3.8, 4) is 0 Å². The topological polar surface area (TPSA) is 373 Å². The van der Waals surface area contributed by atoms with E-state index >= 15 is 0 Å². The summed E-state index contributed by atoms with van der Waals surface area (Å²) in [7, 11) is 6.28. The van der Waals surface area contributed by atoms with Crippen LogP contribution in [0.25, 0.3) is 6.08 Å². The van der Waals surface area contributed by atoms with Crippen LogP contribution in [0.3, 0.4) is 0 Å². The summed E-state index contributed by atoms with van der Waals surface area (Å²) in [6.45, 7) is 11.4. The number of carbonyl (C=O) groups is 2. The molecule has 28 nitrogen and oxygen atoms in total. The van der Waals surface area contributed by atoms with Crippen LogP contribution >= 0.6 is 0 Å². The van der Waals surface area contributed by atoms with E-state index in [1.54, 1.807) is 34.3 Å². The molecule has 10 aliphatic rings. The second-order valence-corrected chi connectivity index (χ2v) is 29.1. The highest BCUT2D eigenvalue weighted by Crippen LogP contribution is 2.70. The van der Waals surface area contributed by atoms with Gasteiger partial charge in [-0.3, -0.25) is 4.79 Å². The molecule has 9 N–H and O–H groups in total. The van der Waals surface area contributed by atoms with Gasteiger partial charge < -0.3 is 126 Å². The molecule has 6 saturated heterocycles. The highest BCUT2D eigenvalue weighted by atomic mass is 16.8. The van der Waals surface area contributed by atoms with Gasteiger partial charge in [-0.15, -0.1) is 0 Å². The summed E-state index contributed by atoms with van der Waals surface area (Å²) in [5.74, 6) is -1.79. The van der Waals surface area contributed by atoms with Gasteiger partial charge in [-0.2, -0.15) is 0 Å². The Balaban J connectivity index is 0.654. The number of methoxy groups -OCH3 is 4. The third-order valence-electron chi connectivity index (χ3n) is 23.6. The van der Waals surface area contributed by atoms with Crippen molar-refractivity contribution in [1.29, 1.82) is 0 Å². The smallest absolute Gasteiger partial charge is 0.331 e. The molecule has 28 heteroatoms. The quantitative estimate of drug-likeness (QED) is 0.0454. The summed E-state index contributed by atoms with van der Waals surface area (Å²) in [5, 5.41) is 99.6. The van der Waals surface area contributed by atoms with E-state index in [-0.39, 0.29) is 44.0 Å². The number of hydrogen-bond donors (Lipinski definition) is 9. The van der Waals surface area contributed by atoms with Crippen LogP contribution in [0.5, 0.6) is 0 Å². The molecule has 34 unspecified atom stereocenters. The summed E-state index contributed by atoms with van der Waals surface area (Å²) in [6.07, 6.45) is -18.5. The number of aliphatic hydroxyl groups is 9. The molecule has 34 atom stereocenters. The molecule has 1 aromatic rings. The molecular weight excluding hydrogens is 1290 g/mol. The Kier molecular flexibility index (Phi) is 24.2. The van der Waals surface area contributed by atoms with Gasteiger partial charge in [-0.25, -0.2) is 4.79 Å². The lowest BCUT2D eigenvalue weighted by atomic mass is 9.43. The van der Waals surface area contributed by atoms with Gasteiger partial charge in [-0.1, -0.05) is 55.8 Å². The van der Waals surface area contributed by atoms with Crippen molar-refractivity contribution in [1.82, 2.24) is 0 Å². The molecule has 9 fully saturated rings. The van der Waals surface area contributed by atoms with Crippen LogP contribution < -0.4 is 0 Å². The van der Waals surface area contributed by atoms with Gasteiger partial charge in [0.1, 0.15) is 96.3 Å². The molecule has 3 saturated carbocycles. The summed E-state index contributed by atoms with van der Waals surface area (Å²) >= 11 is 0. The van der Waals surface area contributed by atoms with E-state index in [1.807, 2.05) is 58.0 Å². The molecular formula is C70H106O28. The van der Waals surface area contributed by atoms with Gasteiger partial charge in [0.25, 0.3) is 0 Å². The Morgan fingerprint density at radius 2 is 1.03 bits per heavy atom. The van der Waals surface area contributed by atoms with E-state index in [0.717, 1.165) is 11.1 Å². The molecule has 98 heavy (non-hydrogen) atoms. The molecule has 0 spiro atoms. The van der Waals surface area contributed by atoms with E-state index in [0.29, 0.717) is 38.5 Å². The second kappa shape index (κ2) is 31.3. The summed E-state index contributed by atoms with van der Waals surface area (Å²) in [6, 6.07) is 9.41. The third-order valence-corrected chi connectivity index (χ3v) is 23.6. The van der Waals surface area contributed by atoms with Crippen molar-refractivity contribution < 1.29 is 136 Å². The van der Waals surface area contributed by atoms with Crippen molar-refractivity contribution in [2.24, 2.45) is 22.7 Å². The van der Waals surface area contributed by atoms with Crippen molar-refractivity contribution in [3.63, 3.8) is 0 Å². The lowest BCUT2D eigenvalue weighted by Gasteiger charge is -2.66. The Bertz CT molecular complexity index is 2870. The van der Waals surface area contributed by atoms with E-state index in [1.165, 1.54) is 20.1 Å². The zero-order valence-electron chi connectivity index (χ0n) is 57.9. The van der Waals surface area contributed by atoms with E-state index in [4.69, 9.17) is 80.5 Å². The van der Waals surface area contributed by atoms with E-state index < -0.39 is 219 Å². The van der Waals surface area contributed by atoms with Gasteiger partial charge in [0, 0.05) is 77.4 Å². The molecule has 0 bridgehead atoms. The second-order valence-electron chi connectivity index (χ2n) is 29.1. The largest absolute Gasteiger partial charge is 0.458 e. The average Bonchev–Trinajstić information content (AvgIpc) is 1.34. The summed E-state index contributed by atoms with van der Waals surface area (Å²) < 4.78 is 106. The number of ether oxygens (including phenoxy) is 17. The van der Waals surface area contributed by atoms with Crippen LogP contribution in [0.4, 0.5) is 0 Å². The summed E-state index contributed by atoms with van der Waals surface area (Å²) in [4.78, 5) is 27.0. The molecule has 1 aromatic carbocycles. The van der Waals surface area contributed by atoms with Crippen molar-refractivity contribution in [2.75, 3.05) is 41.7 Å². The maximum absolute atomic E-state index is 13.7. The minimum atomic E-state index is -1.82. The van der Waals surface area contributed by atoms with Gasteiger partial charge in [-0.05, 0) is 96.6 Å². The molecule has 6 aliphatic heterocycles. The molecule has 0 amide bonds. The normalized spacial score (nSPS) is 49.1. The Morgan fingerprint density at radius 3 is 1.52 bits per heavy atom. The number of Topliss-reactive ketones (excluding diaryl/α,β-unsaturated/α-hetero) is 1. The predicted octanol–water partition coefficient (Wildman–Crippen LogP) is 1.77. The Labute approximate surface area is 572 Å². The maximum atomic E-state index is 13.7. The number of ketones is 1. The van der Waals surface area contributed by atoms with Gasteiger partial charge in [0.05, 0.1) is 68.1 Å². The molecule has 554 valence electrons. The van der Waals surface area contributed by atoms with Crippen molar-refractivity contribution >= 4 is 17.8 Å². The number of carbonyl (C=O) groups excluding carboxylic acids is 2. The standard InChI is InChI=1S/C70H106O28/c1-33(73)41-21-24-70(81)68(41,7)49(93-50(74)18-17-38-15-13-12-14-16-38)30-48-67(6)22-20-40(25-39(67)19-23-69(48,70)80)90-51-26-42(82-8)60(34(2)86-51)94-52-27-43(83-9)61(35(3)87-52)95-53-28-44(84-10)62(36(4)88-53)96-54-29-45(85-11)63(37(5)89-54)97-66-59(79)57(77)64(47(32-72)92-66)98-65-58(78)56(76)55(75)46(31-71)91-65/h12-19,34-37,40-49,51-66,71-72,75-81H,20-32H2,1-11H3. The van der Waals surface area contributed by atoms with Crippen LogP contribution in [0.1, 0.15) is 125 Å². The first-order chi connectivity index (χ1) is 46.7. The highest BCUT2D eigenvalue weighted by Gasteiger charge is 2.77. The van der Waals surface area contributed by atoms with E-state index in [9.17, 15) is 55.5 Å². The molecule has 0 aromatic heterocycles. The van der Waals surface area contributed by atoms with E-state index in [2.05, 4.69) is 13.0 Å². The Morgan fingerprint density at radius 1 is 0.561 bits per heavy atom. The average molecular weight is 1400 g/mol. The van der Waals surface area contributed by atoms with Crippen LogP contribution in [-0.4, -0.2) is 283 Å². The van der Waals surface area contributed by atoms with Crippen LogP contribution in [0.15, 0.2) is 48.1 Å². The predicted molar refractivity (Wildman–Crippen MR) is 339 cm³/mol. The van der Waals surface area contributed by atoms with Crippen LogP contribution in [0.2, 0.25) is 0 Å². The minimum absolute atomic E-state index is 0.107. The molecule has 11 rings (SSSR count). The fourth-order valence-electron chi connectivity index (χ4n) is 18.1. The van der Waals surface area contributed by atoms with Gasteiger partial charge >= 0.3 is 5.97 Å². The summed E-state index contributed by atoms with van der Waals surface area (Å²) in [5.41, 5.74) is -3.19. The third kappa shape index (κ3) is 14.6. The lowest BCUT2D eigenvalue weighted by Crippen LogP contribution is -2.75. The minimum Gasteiger partial charge on any atom is -0.458 e.